The number of carbonyl (C=O) groups excluding carboxylic acids is 2. The second kappa shape index (κ2) is 13.8. The van der Waals surface area contributed by atoms with Gasteiger partial charge in [-0.2, -0.15) is 0 Å². The molecule has 0 fully saturated rings. The minimum absolute atomic E-state index is 0.167. The fraction of sp³-hybridized carbons (Fsp3) is 0.517. The van der Waals surface area contributed by atoms with Crippen molar-refractivity contribution in [3.8, 4) is 5.75 Å². The summed E-state index contributed by atoms with van der Waals surface area (Å²) in [5.74, 6) is -0.324. The molecule has 40 heavy (non-hydrogen) atoms. The molecule has 0 bridgehead atoms. The highest BCUT2D eigenvalue weighted by atomic mass is 32.1. The zero-order valence-corrected chi connectivity index (χ0v) is 25.6. The van der Waals surface area contributed by atoms with E-state index in [9.17, 15) is 19.2 Å². The first-order valence-electron chi connectivity index (χ1n) is 13.3. The number of amides is 1. The van der Waals surface area contributed by atoms with Gasteiger partial charge >= 0.3 is 11.7 Å². The van der Waals surface area contributed by atoms with Crippen LogP contribution in [0.2, 0.25) is 0 Å². The molecule has 2 heterocycles. The molecule has 3 aromatic rings. The lowest BCUT2D eigenvalue weighted by Crippen LogP contribution is -2.56. The van der Waals surface area contributed by atoms with E-state index in [1.165, 1.54) is 18.4 Å². The van der Waals surface area contributed by atoms with Gasteiger partial charge in [-0.3, -0.25) is 14.2 Å². The monoisotopic (exact) mass is 575 g/mol. The lowest BCUT2D eigenvalue weighted by molar-refractivity contribution is -0.129. The van der Waals surface area contributed by atoms with Gasteiger partial charge in [0.15, 0.2) is 0 Å². The van der Waals surface area contributed by atoms with Crippen molar-refractivity contribution >= 4 is 33.4 Å². The van der Waals surface area contributed by atoms with Crippen LogP contribution in [0.4, 0.5) is 0 Å². The van der Waals surface area contributed by atoms with Crippen molar-refractivity contribution in [2.45, 2.75) is 86.0 Å². The number of carbonyl (C=O) groups is 2. The second-order valence-corrected chi connectivity index (χ2v) is 11.4. The number of benzene rings is 1. The molecule has 0 saturated carbocycles. The number of aliphatic hydroxyl groups excluding tert-OH is 1. The molecule has 220 valence electrons. The highest BCUT2D eigenvalue weighted by molar-refractivity contribution is 7.20. The molecule has 1 aromatic carbocycles. The fourth-order valence-corrected chi connectivity index (χ4v) is 5.32. The molecule has 0 spiro atoms. The third-order valence-electron chi connectivity index (χ3n) is 6.01. The van der Waals surface area contributed by atoms with E-state index in [2.05, 4.69) is 5.32 Å². The topological polar surface area (TPSA) is 129 Å². The molecule has 3 rings (SSSR count). The molecule has 0 saturated heterocycles. The number of methoxy groups -OCH3 is 1. The van der Waals surface area contributed by atoms with E-state index < -0.39 is 28.7 Å². The van der Waals surface area contributed by atoms with Crippen molar-refractivity contribution in [1.82, 2.24) is 14.5 Å². The summed E-state index contributed by atoms with van der Waals surface area (Å²) in [7, 11) is 1.58. The summed E-state index contributed by atoms with van der Waals surface area (Å²) in [5, 5.41) is 11.1. The number of nitrogens with one attached hydrogen (secondary N) is 1. The van der Waals surface area contributed by atoms with Gasteiger partial charge in [-0.05, 0) is 79.0 Å². The zero-order chi connectivity index (χ0) is 30.4. The predicted octanol–water partition coefficient (Wildman–Crippen LogP) is 3.61. The van der Waals surface area contributed by atoms with Crippen molar-refractivity contribution in [3.05, 3.63) is 61.1 Å². The Morgan fingerprint density at radius 3 is 2.27 bits per heavy atom. The van der Waals surface area contributed by atoms with Crippen LogP contribution in [0.15, 0.2) is 33.9 Å². The number of aryl methyl sites for hydroxylation is 3. The molecule has 0 aliphatic rings. The van der Waals surface area contributed by atoms with Crippen LogP contribution in [0.5, 0.6) is 5.75 Å². The first-order valence-corrected chi connectivity index (χ1v) is 14.1. The Labute approximate surface area is 238 Å². The zero-order valence-electron chi connectivity index (χ0n) is 24.8. The summed E-state index contributed by atoms with van der Waals surface area (Å²) >= 11 is 1.05. The Hall–Kier alpha value is -3.44. The van der Waals surface area contributed by atoms with E-state index in [1.807, 2.05) is 24.3 Å². The third kappa shape index (κ3) is 7.19. The van der Waals surface area contributed by atoms with Crippen molar-refractivity contribution < 1.29 is 24.2 Å². The Bertz CT molecular complexity index is 1460. The Kier molecular flexibility index (Phi) is 11.3. The standard InChI is InChI=1S/C26H33N3O6S.C3H8O/c1-8-35-23(31)20-16(4)19-21(30)29(26(5,6)24(32)27-15(2)3)25(33)28(22(19)36-20)14-13-17-11-9-10-12-18(17)34-7;1-3(2)4/h9-12,15H,8,13-14H2,1-7H3,(H,27,32);3-4H,1-2H3. The molecule has 0 unspecified atom stereocenters. The molecule has 11 heteroatoms. The number of fused-ring (bicyclic) bond motifs is 1. The van der Waals surface area contributed by atoms with Gasteiger partial charge < -0.3 is 19.9 Å². The van der Waals surface area contributed by atoms with Crippen molar-refractivity contribution in [1.29, 1.82) is 0 Å². The highest BCUT2D eigenvalue weighted by Gasteiger charge is 2.36. The number of hydrogen-bond donors (Lipinski definition) is 2. The number of thiophene rings is 1. The molecule has 1 amide bonds. The second-order valence-electron chi connectivity index (χ2n) is 10.4. The van der Waals surface area contributed by atoms with Crippen molar-refractivity contribution in [3.63, 3.8) is 0 Å². The van der Waals surface area contributed by atoms with E-state index in [0.29, 0.717) is 22.6 Å². The van der Waals surface area contributed by atoms with Crippen molar-refractivity contribution in [2.24, 2.45) is 0 Å². The van der Waals surface area contributed by atoms with Gasteiger partial charge in [0.2, 0.25) is 5.91 Å². The summed E-state index contributed by atoms with van der Waals surface area (Å²) < 4.78 is 13.1. The SMILES string of the molecule is CC(C)O.CCOC(=O)c1sc2c(c1C)c(=O)n(C(C)(C)C(=O)NC(C)C)c(=O)n2CCc1ccccc1OC. The van der Waals surface area contributed by atoms with Crippen LogP contribution in [-0.4, -0.2) is 52.0 Å². The lowest BCUT2D eigenvalue weighted by Gasteiger charge is -2.27. The third-order valence-corrected chi connectivity index (χ3v) is 7.30. The molecule has 0 aliphatic heterocycles. The molecule has 0 radical (unpaired) electrons. The summed E-state index contributed by atoms with van der Waals surface area (Å²) in [4.78, 5) is 53.9. The van der Waals surface area contributed by atoms with E-state index in [4.69, 9.17) is 14.6 Å². The number of hydrogen-bond acceptors (Lipinski definition) is 8. The summed E-state index contributed by atoms with van der Waals surface area (Å²) in [6, 6.07) is 7.30. The van der Waals surface area contributed by atoms with Crippen LogP contribution in [0.3, 0.4) is 0 Å². The Morgan fingerprint density at radius 1 is 1.12 bits per heavy atom. The van der Waals surface area contributed by atoms with Gasteiger partial charge in [0, 0.05) is 18.7 Å². The molecular weight excluding hydrogens is 534 g/mol. The Balaban J connectivity index is 0.00000131. The minimum Gasteiger partial charge on any atom is -0.496 e. The molecule has 2 aromatic heterocycles. The summed E-state index contributed by atoms with van der Waals surface area (Å²) in [6.45, 7) is 13.9. The number of aliphatic hydroxyl groups is 1. The van der Waals surface area contributed by atoms with Crippen LogP contribution in [0, 0.1) is 6.92 Å². The number of aromatic nitrogens is 2. The number of ether oxygens (including phenoxy) is 2. The largest absolute Gasteiger partial charge is 0.496 e. The number of nitrogens with zero attached hydrogens (tertiary/aromatic N) is 2. The average Bonchev–Trinajstić information content (AvgIpc) is 3.20. The van der Waals surface area contributed by atoms with Crippen LogP contribution in [0.1, 0.15) is 69.3 Å². The normalized spacial score (nSPS) is 11.4. The van der Waals surface area contributed by atoms with E-state index in [0.717, 1.165) is 21.5 Å². The van der Waals surface area contributed by atoms with Gasteiger partial charge in [0.25, 0.3) is 5.56 Å². The molecule has 10 nitrogen and oxygen atoms in total. The number of rotatable bonds is 9. The number of para-hydroxylation sites is 1. The molecule has 2 N–H and O–H groups in total. The molecular formula is C29H41N3O7S. The average molecular weight is 576 g/mol. The quantitative estimate of drug-likeness (QED) is 0.373. The molecule has 0 atom stereocenters. The van der Waals surface area contributed by atoms with E-state index in [-0.39, 0.29) is 35.6 Å². The van der Waals surface area contributed by atoms with Crippen molar-refractivity contribution in [2.75, 3.05) is 13.7 Å². The minimum atomic E-state index is -1.47. The first kappa shape index (κ1) is 32.8. The van der Waals surface area contributed by atoms with E-state index >= 15 is 0 Å². The fourth-order valence-electron chi connectivity index (χ4n) is 4.11. The van der Waals surface area contributed by atoms with Gasteiger partial charge in [-0.15, -0.1) is 11.3 Å². The van der Waals surface area contributed by atoms with Crippen LogP contribution in [-0.2, 0) is 28.0 Å². The highest BCUT2D eigenvalue weighted by Crippen LogP contribution is 2.30. The summed E-state index contributed by atoms with van der Waals surface area (Å²) in [6.07, 6.45) is 0.265. The maximum atomic E-state index is 13.8. The van der Waals surface area contributed by atoms with Crippen LogP contribution >= 0.6 is 11.3 Å². The molecule has 0 aliphatic carbocycles. The van der Waals surface area contributed by atoms with Crippen LogP contribution in [0.25, 0.3) is 10.2 Å². The first-order chi connectivity index (χ1) is 18.7. The smallest absolute Gasteiger partial charge is 0.348 e. The van der Waals surface area contributed by atoms with Crippen LogP contribution < -0.4 is 21.3 Å². The number of esters is 1. The van der Waals surface area contributed by atoms with Gasteiger partial charge in [0.1, 0.15) is 21.0 Å². The van der Waals surface area contributed by atoms with Gasteiger partial charge in [-0.1, -0.05) is 18.2 Å². The van der Waals surface area contributed by atoms with E-state index in [1.54, 1.807) is 48.7 Å². The lowest BCUT2D eigenvalue weighted by atomic mass is 10.0. The predicted molar refractivity (Wildman–Crippen MR) is 158 cm³/mol. The van der Waals surface area contributed by atoms with Gasteiger partial charge in [-0.25, -0.2) is 14.2 Å². The Morgan fingerprint density at radius 2 is 1.73 bits per heavy atom. The maximum absolute atomic E-state index is 13.8. The summed E-state index contributed by atoms with van der Waals surface area (Å²) in [5.41, 5.74) is -1.40. The maximum Gasteiger partial charge on any atom is 0.348 e. The van der Waals surface area contributed by atoms with Gasteiger partial charge in [0.05, 0.1) is 19.1 Å².